The molecule has 1 N–H and O–H groups in total. The van der Waals surface area contributed by atoms with E-state index in [9.17, 15) is 4.79 Å². The molecule has 1 heterocycles. The van der Waals surface area contributed by atoms with E-state index in [0.29, 0.717) is 5.92 Å². The molecule has 0 aromatic heterocycles. The molecule has 2 amide bonds. The molecule has 1 saturated heterocycles. The molecular formula is C16H22N2O. The Labute approximate surface area is 115 Å². The number of amides is 2. The summed E-state index contributed by atoms with van der Waals surface area (Å²) in [5.74, 6) is 0.668. The highest BCUT2D eigenvalue weighted by molar-refractivity contribution is 5.77. The first kappa shape index (κ1) is 12.5. The summed E-state index contributed by atoms with van der Waals surface area (Å²) in [5, 5.41) is 3.02. The Morgan fingerprint density at radius 2 is 1.95 bits per heavy atom. The van der Waals surface area contributed by atoms with Gasteiger partial charge in [-0.1, -0.05) is 30.3 Å². The number of nitrogens with one attached hydrogen (secondary N) is 1. The van der Waals surface area contributed by atoms with Crippen molar-refractivity contribution >= 4 is 6.03 Å². The van der Waals surface area contributed by atoms with Gasteiger partial charge in [0.25, 0.3) is 0 Å². The van der Waals surface area contributed by atoms with Crippen LogP contribution in [-0.4, -0.2) is 29.6 Å². The molecule has 19 heavy (non-hydrogen) atoms. The second-order valence-corrected chi connectivity index (χ2v) is 5.81. The van der Waals surface area contributed by atoms with Crippen molar-refractivity contribution in [2.24, 2.45) is 0 Å². The number of urea groups is 1. The number of hydrogen-bond donors (Lipinski definition) is 1. The van der Waals surface area contributed by atoms with Gasteiger partial charge < -0.3 is 10.2 Å². The minimum Gasteiger partial charge on any atom is -0.336 e. The number of likely N-dealkylation sites (N-methyl/N-ethyl adjacent to an activating group) is 1. The highest BCUT2D eigenvalue weighted by atomic mass is 16.2. The number of carbonyl (C=O) groups is 1. The monoisotopic (exact) mass is 258 g/mol. The van der Waals surface area contributed by atoms with Crippen molar-refractivity contribution < 1.29 is 4.79 Å². The highest BCUT2D eigenvalue weighted by Gasteiger charge is 2.46. The Kier molecular flexibility index (Phi) is 3.21. The van der Waals surface area contributed by atoms with E-state index < -0.39 is 0 Å². The number of hydrogen-bond acceptors (Lipinski definition) is 1. The first-order chi connectivity index (χ1) is 9.25. The van der Waals surface area contributed by atoms with E-state index in [4.69, 9.17) is 0 Å². The van der Waals surface area contributed by atoms with E-state index in [2.05, 4.69) is 42.6 Å². The number of nitrogens with zero attached hydrogens (tertiary/aromatic N) is 1. The Morgan fingerprint density at radius 1 is 1.26 bits per heavy atom. The molecule has 3 heteroatoms. The molecule has 0 bridgehead atoms. The van der Waals surface area contributed by atoms with Gasteiger partial charge in [0.1, 0.15) is 0 Å². The molecule has 2 aliphatic rings. The van der Waals surface area contributed by atoms with E-state index in [1.54, 1.807) is 0 Å². The van der Waals surface area contributed by atoms with Crippen LogP contribution in [0.15, 0.2) is 30.3 Å². The van der Waals surface area contributed by atoms with Gasteiger partial charge in [-0.3, -0.25) is 0 Å². The molecule has 3 nitrogen and oxygen atoms in total. The van der Waals surface area contributed by atoms with Crippen LogP contribution in [0.5, 0.6) is 0 Å². The molecular weight excluding hydrogens is 236 g/mol. The van der Waals surface area contributed by atoms with Crippen molar-refractivity contribution in [3.63, 3.8) is 0 Å². The van der Waals surface area contributed by atoms with Crippen molar-refractivity contribution in [3.8, 4) is 0 Å². The first-order valence-electron chi connectivity index (χ1n) is 7.35. The van der Waals surface area contributed by atoms with Crippen molar-refractivity contribution in [2.75, 3.05) is 13.1 Å². The van der Waals surface area contributed by atoms with E-state index in [0.717, 1.165) is 25.9 Å². The fourth-order valence-electron chi connectivity index (χ4n) is 3.79. The van der Waals surface area contributed by atoms with Gasteiger partial charge in [0.2, 0.25) is 0 Å². The number of benzene rings is 1. The summed E-state index contributed by atoms with van der Waals surface area (Å²) in [5.41, 5.74) is 1.55. The van der Waals surface area contributed by atoms with Crippen LogP contribution in [0.4, 0.5) is 4.79 Å². The Balaban J connectivity index is 1.71. The molecule has 3 rings (SSSR count). The highest BCUT2D eigenvalue weighted by Crippen LogP contribution is 2.42. The van der Waals surface area contributed by atoms with E-state index in [1.165, 1.54) is 18.4 Å². The topological polar surface area (TPSA) is 32.3 Å². The van der Waals surface area contributed by atoms with Crippen LogP contribution < -0.4 is 5.32 Å². The average molecular weight is 258 g/mol. The van der Waals surface area contributed by atoms with Crippen LogP contribution in [0.2, 0.25) is 0 Å². The third-order valence-corrected chi connectivity index (χ3v) is 4.89. The zero-order chi connectivity index (χ0) is 13.3. The lowest BCUT2D eigenvalue weighted by atomic mass is 9.74. The second-order valence-electron chi connectivity index (χ2n) is 5.81. The SMILES string of the molecule is CCN1C(=O)NCC12CCC(c1ccccc1)CC2. The fourth-order valence-corrected chi connectivity index (χ4v) is 3.79. The molecule has 1 aliphatic heterocycles. The fraction of sp³-hybridized carbons (Fsp3) is 0.562. The smallest absolute Gasteiger partial charge is 0.317 e. The maximum absolute atomic E-state index is 11.8. The quantitative estimate of drug-likeness (QED) is 0.868. The third-order valence-electron chi connectivity index (χ3n) is 4.89. The zero-order valence-corrected chi connectivity index (χ0v) is 11.6. The average Bonchev–Trinajstić information content (AvgIpc) is 2.77. The van der Waals surface area contributed by atoms with Crippen LogP contribution in [-0.2, 0) is 0 Å². The summed E-state index contributed by atoms with van der Waals surface area (Å²) < 4.78 is 0. The lowest BCUT2D eigenvalue weighted by Gasteiger charge is -2.42. The second kappa shape index (κ2) is 4.87. The molecule has 1 aromatic rings. The van der Waals surface area contributed by atoms with Gasteiger partial charge in [-0.15, -0.1) is 0 Å². The predicted molar refractivity (Wildman–Crippen MR) is 76.2 cm³/mol. The Hall–Kier alpha value is -1.51. The number of rotatable bonds is 2. The van der Waals surface area contributed by atoms with Gasteiger partial charge in [0.15, 0.2) is 0 Å². The summed E-state index contributed by atoms with van der Waals surface area (Å²) >= 11 is 0. The van der Waals surface area contributed by atoms with E-state index >= 15 is 0 Å². The third kappa shape index (κ3) is 2.11. The van der Waals surface area contributed by atoms with Gasteiger partial charge in [0, 0.05) is 13.1 Å². The molecule has 1 aromatic carbocycles. The normalized spacial score (nSPS) is 30.7. The predicted octanol–water partition coefficient (Wildman–Crippen LogP) is 3.13. The Morgan fingerprint density at radius 3 is 2.58 bits per heavy atom. The molecule has 1 spiro atoms. The molecule has 102 valence electrons. The van der Waals surface area contributed by atoms with Crippen LogP contribution in [0.1, 0.15) is 44.1 Å². The lowest BCUT2D eigenvalue weighted by molar-refractivity contribution is 0.117. The summed E-state index contributed by atoms with van der Waals surface area (Å²) in [7, 11) is 0. The molecule has 2 fully saturated rings. The van der Waals surface area contributed by atoms with Crippen LogP contribution >= 0.6 is 0 Å². The van der Waals surface area contributed by atoms with Crippen molar-refractivity contribution in [1.82, 2.24) is 10.2 Å². The standard InChI is InChI=1S/C16H22N2O/c1-2-18-15(19)17-12-16(18)10-8-14(9-11-16)13-6-4-3-5-7-13/h3-7,14H,2,8-12H2,1H3,(H,17,19). The molecule has 1 aliphatic carbocycles. The van der Waals surface area contributed by atoms with Crippen molar-refractivity contribution in [1.29, 1.82) is 0 Å². The summed E-state index contributed by atoms with van der Waals surface area (Å²) in [6, 6.07) is 10.9. The molecule has 0 unspecified atom stereocenters. The van der Waals surface area contributed by atoms with E-state index in [-0.39, 0.29) is 11.6 Å². The van der Waals surface area contributed by atoms with Gasteiger partial charge in [0.05, 0.1) is 5.54 Å². The van der Waals surface area contributed by atoms with E-state index in [1.807, 2.05) is 4.90 Å². The summed E-state index contributed by atoms with van der Waals surface area (Å²) in [4.78, 5) is 13.9. The van der Waals surface area contributed by atoms with Crippen LogP contribution in [0.25, 0.3) is 0 Å². The van der Waals surface area contributed by atoms with Crippen molar-refractivity contribution in [2.45, 2.75) is 44.1 Å². The van der Waals surface area contributed by atoms with Gasteiger partial charge in [-0.05, 0) is 44.1 Å². The molecule has 0 atom stereocenters. The first-order valence-corrected chi connectivity index (χ1v) is 7.35. The minimum atomic E-state index is 0.0944. The zero-order valence-electron chi connectivity index (χ0n) is 11.6. The lowest BCUT2D eigenvalue weighted by Crippen LogP contribution is -2.49. The van der Waals surface area contributed by atoms with Gasteiger partial charge in [-0.25, -0.2) is 4.79 Å². The Bertz CT molecular complexity index is 449. The maximum Gasteiger partial charge on any atom is 0.317 e. The number of carbonyl (C=O) groups excluding carboxylic acids is 1. The van der Waals surface area contributed by atoms with Crippen molar-refractivity contribution in [3.05, 3.63) is 35.9 Å². The van der Waals surface area contributed by atoms with Gasteiger partial charge in [-0.2, -0.15) is 0 Å². The van der Waals surface area contributed by atoms with Crippen LogP contribution in [0, 0.1) is 0 Å². The van der Waals surface area contributed by atoms with Crippen LogP contribution in [0.3, 0.4) is 0 Å². The summed E-state index contributed by atoms with van der Waals surface area (Å²) in [6.45, 7) is 3.74. The minimum absolute atomic E-state index is 0.0944. The van der Waals surface area contributed by atoms with Gasteiger partial charge >= 0.3 is 6.03 Å². The molecule has 1 saturated carbocycles. The largest absolute Gasteiger partial charge is 0.336 e. The molecule has 0 radical (unpaired) electrons. The summed E-state index contributed by atoms with van der Waals surface area (Å²) in [6.07, 6.45) is 4.63. The maximum atomic E-state index is 11.8.